The first-order valence-corrected chi connectivity index (χ1v) is 12.3. The summed E-state index contributed by atoms with van der Waals surface area (Å²) in [4.78, 5) is 27.6. The second-order valence-corrected chi connectivity index (χ2v) is 9.04. The van der Waals surface area contributed by atoms with Crippen molar-refractivity contribution < 1.29 is 19.1 Å². The largest absolute Gasteiger partial charge is 0.455 e. The Balaban J connectivity index is 1.64. The van der Waals surface area contributed by atoms with Gasteiger partial charge in [-0.3, -0.25) is 9.59 Å². The summed E-state index contributed by atoms with van der Waals surface area (Å²) in [6.45, 7) is 4.00. The van der Waals surface area contributed by atoms with E-state index in [1.807, 2.05) is 50.2 Å². The van der Waals surface area contributed by atoms with Gasteiger partial charge in [0.1, 0.15) is 11.5 Å². The van der Waals surface area contributed by atoms with Crippen molar-refractivity contribution in [3.05, 3.63) is 94.0 Å². The van der Waals surface area contributed by atoms with E-state index >= 15 is 0 Å². The Bertz CT molecular complexity index is 1510. The number of ether oxygens (including phenoxy) is 2. The van der Waals surface area contributed by atoms with Gasteiger partial charge >= 0.3 is 0 Å². The van der Waals surface area contributed by atoms with Crippen LogP contribution in [0.2, 0.25) is 0 Å². The van der Waals surface area contributed by atoms with Gasteiger partial charge in [-0.15, -0.1) is 0 Å². The molecule has 4 aromatic carbocycles. The summed E-state index contributed by atoms with van der Waals surface area (Å²) in [5.41, 5.74) is 27.3. The predicted octanol–water partition coefficient (Wildman–Crippen LogP) is 5.50. The summed E-state index contributed by atoms with van der Waals surface area (Å²) in [5.74, 6) is 0.371. The maximum atomic E-state index is 13.9. The number of ketones is 2. The summed E-state index contributed by atoms with van der Waals surface area (Å²) in [6.07, 6.45) is 1.45. The standard InChI is InChI=1S/C30H28N4O4/c1-3-15-9-5-7-11-19(15)37-21-13-17(31)23-25(27(21)33)30(36)26-24(29(23)35)18(32)14-22(28(26)34)38-20-12-8-6-10-16(20)4-2/h5-14H,3-4,31-34H2,1-2H3. The lowest BCUT2D eigenvalue weighted by molar-refractivity contribution is 0.0981. The van der Waals surface area contributed by atoms with Crippen LogP contribution in [0.15, 0.2) is 60.7 Å². The van der Waals surface area contributed by atoms with E-state index in [0.29, 0.717) is 11.5 Å². The molecule has 0 saturated carbocycles. The number of nitrogens with two attached hydrogens (primary N) is 4. The lowest BCUT2D eigenvalue weighted by Gasteiger charge is -2.25. The molecule has 4 aromatic rings. The van der Waals surface area contributed by atoms with E-state index < -0.39 is 11.6 Å². The molecular weight excluding hydrogens is 480 g/mol. The molecule has 0 unspecified atom stereocenters. The molecule has 0 aromatic heterocycles. The second-order valence-electron chi connectivity index (χ2n) is 9.04. The number of carbonyl (C=O) groups is 2. The van der Waals surface area contributed by atoms with Gasteiger partial charge in [0.2, 0.25) is 0 Å². The minimum absolute atomic E-state index is 0.00951. The van der Waals surface area contributed by atoms with Crippen molar-refractivity contribution >= 4 is 34.3 Å². The average molecular weight is 509 g/mol. The van der Waals surface area contributed by atoms with E-state index in [0.717, 1.165) is 24.0 Å². The number of hydrogen-bond donors (Lipinski definition) is 4. The number of benzene rings is 4. The summed E-state index contributed by atoms with van der Waals surface area (Å²) < 4.78 is 12.2. The molecule has 0 aliphatic heterocycles. The summed E-state index contributed by atoms with van der Waals surface area (Å²) >= 11 is 0. The Labute approximate surface area is 220 Å². The lowest BCUT2D eigenvalue weighted by Crippen LogP contribution is -2.26. The number of rotatable bonds is 6. The maximum Gasteiger partial charge on any atom is 0.199 e. The van der Waals surface area contributed by atoms with Crippen molar-refractivity contribution in [2.75, 3.05) is 22.9 Å². The smallest absolute Gasteiger partial charge is 0.199 e. The molecule has 8 N–H and O–H groups in total. The summed E-state index contributed by atoms with van der Waals surface area (Å²) in [5, 5.41) is 0. The molecule has 192 valence electrons. The normalized spacial score (nSPS) is 12.2. The van der Waals surface area contributed by atoms with Gasteiger partial charge in [-0.2, -0.15) is 0 Å². The Morgan fingerprint density at radius 1 is 0.553 bits per heavy atom. The molecule has 5 rings (SSSR count). The van der Waals surface area contributed by atoms with Gasteiger partial charge in [-0.25, -0.2) is 0 Å². The third kappa shape index (κ3) is 3.87. The molecule has 0 radical (unpaired) electrons. The topological polar surface area (TPSA) is 157 Å². The van der Waals surface area contributed by atoms with Gasteiger partial charge < -0.3 is 32.4 Å². The molecule has 0 fully saturated rings. The fourth-order valence-corrected chi connectivity index (χ4v) is 4.79. The molecule has 1 aliphatic carbocycles. The molecule has 0 heterocycles. The number of aryl methyl sites for hydroxylation is 2. The highest BCUT2D eigenvalue weighted by Gasteiger charge is 2.38. The van der Waals surface area contributed by atoms with Crippen LogP contribution in [0.1, 0.15) is 56.8 Å². The van der Waals surface area contributed by atoms with Crippen molar-refractivity contribution in [1.29, 1.82) is 0 Å². The van der Waals surface area contributed by atoms with Crippen LogP contribution >= 0.6 is 0 Å². The fourth-order valence-electron chi connectivity index (χ4n) is 4.79. The van der Waals surface area contributed by atoms with Gasteiger partial charge in [0.15, 0.2) is 23.1 Å². The fraction of sp³-hybridized carbons (Fsp3) is 0.133. The molecule has 0 atom stereocenters. The highest BCUT2D eigenvalue weighted by Crippen LogP contribution is 2.46. The van der Waals surface area contributed by atoms with Gasteiger partial charge in [0.25, 0.3) is 0 Å². The van der Waals surface area contributed by atoms with Crippen molar-refractivity contribution in [3.63, 3.8) is 0 Å². The van der Waals surface area contributed by atoms with E-state index in [-0.39, 0.29) is 56.5 Å². The quantitative estimate of drug-likeness (QED) is 0.219. The highest BCUT2D eigenvalue weighted by molar-refractivity contribution is 6.35. The van der Waals surface area contributed by atoms with Crippen molar-refractivity contribution in [2.45, 2.75) is 26.7 Å². The number of fused-ring (bicyclic) bond motifs is 2. The molecular formula is C30H28N4O4. The van der Waals surface area contributed by atoms with Crippen molar-refractivity contribution in [3.8, 4) is 23.0 Å². The molecule has 1 aliphatic rings. The highest BCUT2D eigenvalue weighted by atomic mass is 16.5. The molecule has 0 bridgehead atoms. The molecule has 0 amide bonds. The Morgan fingerprint density at radius 2 is 0.921 bits per heavy atom. The monoisotopic (exact) mass is 508 g/mol. The molecule has 38 heavy (non-hydrogen) atoms. The zero-order valence-corrected chi connectivity index (χ0v) is 21.1. The van der Waals surface area contributed by atoms with Crippen LogP contribution in [-0.4, -0.2) is 11.6 Å². The van der Waals surface area contributed by atoms with Crippen molar-refractivity contribution in [2.24, 2.45) is 0 Å². The Kier molecular flexibility index (Phi) is 6.16. The second kappa shape index (κ2) is 9.48. The van der Waals surface area contributed by atoms with E-state index in [1.54, 1.807) is 12.1 Å². The number of nitrogen functional groups attached to an aromatic ring is 4. The summed E-state index contributed by atoms with van der Waals surface area (Å²) in [6, 6.07) is 17.8. The van der Waals surface area contributed by atoms with Gasteiger partial charge in [-0.05, 0) is 36.1 Å². The van der Waals surface area contributed by atoms with Gasteiger partial charge in [0.05, 0.1) is 33.6 Å². The minimum atomic E-state index is -0.577. The Morgan fingerprint density at radius 3 is 1.32 bits per heavy atom. The molecule has 8 nitrogen and oxygen atoms in total. The van der Waals surface area contributed by atoms with Crippen LogP contribution in [-0.2, 0) is 12.8 Å². The lowest BCUT2D eigenvalue weighted by atomic mass is 9.80. The summed E-state index contributed by atoms with van der Waals surface area (Å²) in [7, 11) is 0. The van der Waals surface area contributed by atoms with Crippen LogP contribution in [0.25, 0.3) is 0 Å². The van der Waals surface area contributed by atoms with E-state index in [4.69, 9.17) is 32.4 Å². The van der Waals surface area contributed by atoms with Crippen LogP contribution in [0.5, 0.6) is 23.0 Å². The maximum absolute atomic E-state index is 13.9. The van der Waals surface area contributed by atoms with Crippen LogP contribution in [0.4, 0.5) is 22.7 Å². The van der Waals surface area contributed by atoms with Crippen LogP contribution in [0.3, 0.4) is 0 Å². The first kappa shape index (κ1) is 24.7. The Hall–Kier alpha value is -4.98. The van der Waals surface area contributed by atoms with E-state index in [9.17, 15) is 9.59 Å². The van der Waals surface area contributed by atoms with E-state index in [1.165, 1.54) is 12.1 Å². The zero-order chi connectivity index (χ0) is 27.1. The number of hydrogen-bond acceptors (Lipinski definition) is 8. The van der Waals surface area contributed by atoms with Crippen LogP contribution < -0.4 is 32.4 Å². The SMILES string of the molecule is CCc1ccccc1Oc1cc(N)c2c(c1N)C(=O)c1c(N)c(Oc3ccccc3CC)cc(N)c1C2=O. The van der Waals surface area contributed by atoms with Crippen molar-refractivity contribution in [1.82, 2.24) is 0 Å². The first-order valence-electron chi connectivity index (χ1n) is 12.3. The third-order valence-corrected chi connectivity index (χ3v) is 6.78. The third-order valence-electron chi connectivity index (χ3n) is 6.78. The number of para-hydroxylation sites is 2. The van der Waals surface area contributed by atoms with Crippen LogP contribution in [0, 0.1) is 0 Å². The average Bonchev–Trinajstić information content (AvgIpc) is 2.91. The minimum Gasteiger partial charge on any atom is -0.455 e. The predicted molar refractivity (Wildman–Crippen MR) is 149 cm³/mol. The van der Waals surface area contributed by atoms with Gasteiger partial charge in [-0.1, -0.05) is 50.2 Å². The van der Waals surface area contributed by atoms with E-state index in [2.05, 4.69) is 0 Å². The zero-order valence-electron chi connectivity index (χ0n) is 21.1. The molecule has 8 heteroatoms. The van der Waals surface area contributed by atoms with Gasteiger partial charge in [0, 0.05) is 23.5 Å². The number of anilines is 4. The first-order chi connectivity index (χ1) is 18.3. The number of carbonyl (C=O) groups excluding carboxylic acids is 2. The molecule has 0 spiro atoms. The molecule has 0 saturated heterocycles.